The van der Waals surface area contributed by atoms with E-state index in [4.69, 9.17) is 16.3 Å². The Morgan fingerprint density at radius 3 is 1.90 bits per heavy atom. The zero-order valence-corrected chi connectivity index (χ0v) is 15.3. The number of esters is 1. The largest absolute Gasteiger partial charge is 0.448 e. The van der Waals surface area contributed by atoms with Crippen LogP contribution in [0.3, 0.4) is 0 Å². The number of hydrogen-bond acceptors (Lipinski definition) is 4. The van der Waals surface area contributed by atoms with E-state index in [0.717, 1.165) is 11.1 Å². The summed E-state index contributed by atoms with van der Waals surface area (Å²) in [5.74, 6) is -0.410. The molecule has 0 heterocycles. The van der Waals surface area contributed by atoms with Gasteiger partial charge in [0.1, 0.15) is 0 Å². The van der Waals surface area contributed by atoms with Crippen molar-refractivity contribution >= 4 is 35.1 Å². The SMILES string of the molecule is CC1=C(C)C(SC(C)(C)C)(C(=O)OCCl)C(C)=C(C)C1=O. The van der Waals surface area contributed by atoms with Gasteiger partial charge in [0.25, 0.3) is 0 Å². The minimum absolute atomic E-state index is 0.00573. The molecule has 0 amide bonds. The molecule has 0 saturated heterocycles. The molecule has 3 nitrogen and oxygen atoms in total. The van der Waals surface area contributed by atoms with E-state index in [-0.39, 0.29) is 16.6 Å². The normalized spacial score (nSPS) is 19.1. The van der Waals surface area contributed by atoms with Crippen LogP contribution in [0.5, 0.6) is 0 Å². The van der Waals surface area contributed by atoms with Crippen LogP contribution < -0.4 is 0 Å². The molecule has 0 saturated carbocycles. The van der Waals surface area contributed by atoms with Crippen LogP contribution in [0, 0.1) is 0 Å². The van der Waals surface area contributed by atoms with Crippen molar-refractivity contribution in [3.63, 3.8) is 0 Å². The van der Waals surface area contributed by atoms with Crippen LogP contribution in [0.15, 0.2) is 22.3 Å². The second-order valence-electron chi connectivity index (χ2n) is 6.27. The lowest BCUT2D eigenvalue weighted by Crippen LogP contribution is -2.46. The van der Waals surface area contributed by atoms with Crippen molar-refractivity contribution < 1.29 is 14.3 Å². The van der Waals surface area contributed by atoms with Gasteiger partial charge in [-0.25, -0.2) is 4.79 Å². The third-order valence-corrected chi connectivity index (χ3v) is 5.60. The van der Waals surface area contributed by atoms with E-state index in [2.05, 4.69) is 0 Å². The van der Waals surface area contributed by atoms with Gasteiger partial charge in [-0.05, 0) is 50.0 Å². The topological polar surface area (TPSA) is 43.4 Å². The van der Waals surface area contributed by atoms with E-state index in [0.29, 0.717) is 11.1 Å². The Hall–Kier alpha value is -0.740. The first-order chi connectivity index (χ1) is 9.49. The maximum Gasteiger partial charge on any atom is 0.331 e. The summed E-state index contributed by atoms with van der Waals surface area (Å²) in [5, 5.41) is 0. The van der Waals surface area contributed by atoms with E-state index >= 15 is 0 Å². The monoisotopic (exact) mass is 330 g/mol. The van der Waals surface area contributed by atoms with E-state index in [1.165, 1.54) is 11.8 Å². The van der Waals surface area contributed by atoms with E-state index in [1.807, 2.05) is 34.6 Å². The minimum atomic E-state index is -0.977. The van der Waals surface area contributed by atoms with Crippen LogP contribution in [-0.4, -0.2) is 27.3 Å². The Morgan fingerprint density at radius 2 is 1.57 bits per heavy atom. The van der Waals surface area contributed by atoms with Gasteiger partial charge in [-0.1, -0.05) is 32.4 Å². The highest BCUT2D eigenvalue weighted by Crippen LogP contribution is 2.51. The standard InChI is InChI=1S/C16H23ClO3S/c1-9-11(3)16(14(19)20-8-17,21-15(5,6)7)12(4)10(2)13(9)18/h8H2,1-7H3. The number of allylic oxidation sites excluding steroid dienone is 2. The minimum Gasteiger partial charge on any atom is -0.448 e. The summed E-state index contributed by atoms with van der Waals surface area (Å²) < 4.78 is 3.97. The van der Waals surface area contributed by atoms with Crippen LogP contribution in [0.4, 0.5) is 0 Å². The predicted octanol–water partition coefficient (Wildman–Crippen LogP) is 4.25. The van der Waals surface area contributed by atoms with Gasteiger partial charge in [-0.2, -0.15) is 0 Å². The van der Waals surface area contributed by atoms with Crippen LogP contribution in [-0.2, 0) is 14.3 Å². The van der Waals surface area contributed by atoms with E-state index in [9.17, 15) is 9.59 Å². The van der Waals surface area contributed by atoms with Crippen LogP contribution in [0.2, 0.25) is 0 Å². The lowest BCUT2D eigenvalue weighted by molar-refractivity contribution is -0.142. The molecule has 0 radical (unpaired) electrons. The van der Waals surface area contributed by atoms with Gasteiger partial charge in [0.05, 0.1) is 0 Å². The molecule has 1 rings (SSSR count). The summed E-state index contributed by atoms with van der Waals surface area (Å²) in [4.78, 5) is 25.0. The highest BCUT2D eigenvalue weighted by atomic mass is 35.5. The number of Topliss-reactive ketones (excluding diaryl/α,β-unsaturated/α-hetero) is 1. The molecule has 0 N–H and O–H groups in total. The van der Waals surface area contributed by atoms with Crippen molar-refractivity contribution in [2.75, 3.05) is 6.07 Å². The lowest BCUT2D eigenvalue weighted by atomic mass is 9.78. The number of ketones is 1. The zero-order chi connectivity index (χ0) is 16.6. The summed E-state index contributed by atoms with van der Waals surface area (Å²) in [6.07, 6.45) is 0. The van der Waals surface area contributed by atoms with Gasteiger partial charge in [0, 0.05) is 4.75 Å². The number of halogens is 1. The third-order valence-electron chi connectivity index (χ3n) is 3.79. The second-order valence-corrected chi connectivity index (χ2v) is 8.53. The molecule has 0 aromatic carbocycles. The third kappa shape index (κ3) is 3.21. The highest BCUT2D eigenvalue weighted by Gasteiger charge is 2.51. The molecule has 0 unspecified atom stereocenters. The van der Waals surface area contributed by atoms with Gasteiger partial charge in [0.15, 0.2) is 16.6 Å². The average molecular weight is 331 g/mol. The van der Waals surface area contributed by atoms with Crippen LogP contribution in [0.25, 0.3) is 0 Å². The van der Waals surface area contributed by atoms with Gasteiger partial charge in [0.2, 0.25) is 0 Å². The van der Waals surface area contributed by atoms with Crippen molar-refractivity contribution in [3.05, 3.63) is 22.3 Å². The first-order valence-corrected chi connectivity index (χ1v) is 8.18. The molecule has 1 aliphatic rings. The smallest absolute Gasteiger partial charge is 0.331 e. The average Bonchev–Trinajstić information content (AvgIpc) is 2.38. The molecule has 0 aliphatic heterocycles. The Morgan fingerprint density at radius 1 is 1.14 bits per heavy atom. The predicted molar refractivity (Wildman–Crippen MR) is 88.6 cm³/mol. The second kappa shape index (κ2) is 6.17. The summed E-state index contributed by atoms with van der Waals surface area (Å²) in [6.45, 7) is 13.3. The molecule has 0 atom stereocenters. The summed E-state index contributed by atoms with van der Waals surface area (Å²) >= 11 is 7.09. The first kappa shape index (κ1) is 18.3. The van der Waals surface area contributed by atoms with Crippen molar-refractivity contribution in [1.29, 1.82) is 0 Å². The van der Waals surface area contributed by atoms with E-state index in [1.54, 1.807) is 13.8 Å². The molecule has 0 aromatic heterocycles. The fourth-order valence-corrected chi connectivity index (χ4v) is 4.31. The Balaban J connectivity index is 3.62. The fraction of sp³-hybridized carbons (Fsp3) is 0.625. The molecule has 0 spiro atoms. The summed E-state index contributed by atoms with van der Waals surface area (Å²) in [6, 6.07) is -0.197. The van der Waals surface area contributed by atoms with Crippen molar-refractivity contribution in [1.82, 2.24) is 0 Å². The molecule has 0 fully saturated rings. The van der Waals surface area contributed by atoms with Gasteiger partial charge in [-0.15, -0.1) is 11.8 Å². The maximum atomic E-state index is 12.7. The number of ether oxygens (including phenoxy) is 1. The molecule has 118 valence electrons. The number of carbonyl (C=O) groups excluding carboxylic acids is 2. The van der Waals surface area contributed by atoms with E-state index < -0.39 is 10.7 Å². The molecule has 5 heteroatoms. The number of rotatable bonds is 3. The Bertz CT molecular complexity index is 510. The molecule has 0 bridgehead atoms. The Labute approximate surface area is 136 Å². The molecular formula is C16H23ClO3S. The number of carbonyl (C=O) groups is 2. The number of thioether (sulfide) groups is 1. The lowest BCUT2D eigenvalue weighted by Gasteiger charge is -2.41. The van der Waals surface area contributed by atoms with Crippen molar-refractivity contribution in [2.24, 2.45) is 0 Å². The number of alkyl halides is 1. The maximum absolute atomic E-state index is 12.7. The van der Waals surface area contributed by atoms with Gasteiger partial charge < -0.3 is 4.74 Å². The van der Waals surface area contributed by atoms with Crippen molar-refractivity contribution in [3.8, 4) is 0 Å². The number of hydrogen-bond donors (Lipinski definition) is 0. The molecular weight excluding hydrogens is 308 g/mol. The molecule has 0 aromatic rings. The van der Waals surface area contributed by atoms with Gasteiger partial charge in [-0.3, -0.25) is 4.79 Å². The quantitative estimate of drug-likeness (QED) is 0.573. The van der Waals surface area contributed by atoms with Gasteiger partial charge >= 0.3 is 5.97 Å². The van der Waals surface area contributed by atoms with Crippen molar-refractivity contribution in [2.45, 2.75) is 58.0 Å². The molecule has 21 heavy (non-hydrogen) atoms. The fourth-order valence-electron chi connectivity index (χ4n) is 2.54. The first-order valence-electron chi connectivity index (χ1n) is 6.83. The molecule has 1 aliphatic carbocycles. The zero-order valence-electron chi connectivity index (χ0n) is 13.7. The highest BCUT2D eigenvalue weighted by molar-refractivity contribution is 8.03. The summed E-state index contributed by atoms with van der Waals surface area (Å²) in [5.41, 5.74) is 2.71. The Kier molecular flexibility index (Phi) is 5.38. The summed E-state index contributed by atoms with van der Waals surface area (Å²) in [7, 11) is 0. The van der Waals surface area contributed by atoms with Crippen LogP contribution >= 0.6 is 23.4 Å². The van der Waals surface area contributed by atoms with Crippen LogP contribution in [0.1, 0.15) is 48.5 Å².